The molecule has 0 aliphatic carbocycles. The molecule has 4 nitrogen and oxygen atoms in total. The van der Waals surface area contributed by atoms with E-state index in [-0.39, 0.29) is 5.43 Å². The minimum atomic E-state index is 0.0630. The molecule has 2 atom stereocenters. The van der Waals surface area contributed by atoms with Gasteiger partial charge in [-0.25, -0.2) is 0 Å². The Bertz CT molecular complexity index is 770. The van der Waals surface area contributed by atoms with Crippen LogP contribution in [0.1, 0.15) is 17.5 Å². The van der Waals surface area contributed by atoms with Crippen molar-refractivity contribution in [3.05, 3.63) is 43.3 Å². The quantitative estimate of drug-likeness (QED) is 0.731. The SMILES string of the molecule is Cc1cc(CN2C[C@H]3C[C@@H]2CO3)cc2c(=O)c(I)coc12. The van der Waals surface area contributed by atoms with Gasteiger partial charge in [0.1, 0.15) is 11.8 Å². The van der Waals surface area contributed by atoms with Crippen molar-refractivity contribution in [1.82, 2.24) is 4.90 Å². The first-order valence-electron chi connectivity index (χ1n) is 7.18. The number of nitrogens with zero attached hydrogens (tertiary/aromatic N) is 1. The normalized spacial score (nSPS) is 25.0. The van der Waals surface area contributed by atoms with E-state index in [0.717, 1.165) is 31.7 Å². The molecular weight excluding hydrogens is 381 g/mol. The highest BCUT2D eigenvalue weighted by atomic mass is 127. The van der Waals surface area contributed by atoms with E-state index in [1.54, 1.807) is 0 Å². The van der Waals surface area contributed by atoms with Crippen LogP contribution in [0.3, 0.4) is 0 Å². The Morgan fingerprint density at radius 1 is 1.43 bits per heavy atom. The van der Waals surface area contributed by atoms with Crippen LogP contribution in [-0.2, 0) is 11.3 Å². The lowest BCUT2D eigenvalue weighted by molar-refractivity contribution is 0.0273. The van der Waals surface area contributed by atoms with Gasteiger partial charge in [0.15, 0.2) is 0 Å². The summed E-state index contributed by atoms with van der Waals surface area (Å²) in [6, 6.07) is 4.66. The zero-order chi connectivity index (χ0) is 14.6. The molecule has 0 unspecified atom stereocenters. The van der Waals surface area contributed by atoms with Gasteiger partial charge in [0.25, 0.3) is 0 Å². The van der Waals surface area contributed by atoms with Gasteiger partial charge in [0, 0.05) is 19.1 Å². The van der Waals surface area contributed by atoms with Gasteiger partial charge < -0.3 is 9.15 Å². The van der Waals surface area contributed by atoms with Gasteiger partial charge in [0.05, 0.1) is 21.7 Å². The Labute approximate surface area is 136 Å². The number of rotatable bonds is 2. The van der Waals surface area contributed by atoms with E-state index in [1.165, 1.54) is 11.8 Å². The van der Waals surface area contributed by atoms with Gasteiger partial charge in [-0.15, -0.1) is 0 Å². The number of likely N-dealkylation sites (tertiary alicyclic amines) is 1. The first-order chi connectivity index (χ1) is 10.1. The van der Waals surface area contributed by atoms with E-state index in [2.05, 4.69) is 11.0 Å². The van der Waals surface area contributed by atoms with Crippen molar-refractivity contribution < 1.29 is 9.15 Å². The van der Waals surface area contributed by atoms with Crippen LogP contribution in [0.25, 0.3) is 11.0 Å². The number of ether oxygens (including phenoxy) is 1. The second-order valence-corrected chi connectivity index (χ2v) is 7.14. The summed E-state index contributed by atoms with van der Waals surface area (Å²) in [6.45, 7) is 4.73. The van der Waals surface area contributed by atoms with Crippen molar-refractivity contribution in [3.8, 4) is 0 Å². The number of benzene rings is 1. The topological polar surface area (TPSA) is 42.7 Å². The lowest BCUT2D eigenvalue weighted by atomic mass is 10.1. The predicted octanol–water partition coefficient (Wildman–Crippen LogP) is 2.68. The summed E-state index contributed by atoms with van der Waals surface area (Å²) in [5.74, 6) is 0. The van der Waals surface area contributed by atoms with Crippen molar-refractivity contribution in [1.29, 1.82) is 0 Å². The van der Waals surface area contributed by atoms with Crippen molar-refractivity contribution in [2.24, 2.45) is 0 Å². The lowest BCUT2D eigenvalue weighted by Crippen LogP contribution is -2.36. The van der Waals surface area contributed by atoms with Crippen molar-refractivity contribution >= 4 is 33.6 Å². The molecule has 2 saturated heterocycles. The Morgan fingerprint density at radius 3 is 3.00 bits per heavy atom. The molecule has 0 spiro atoms. The Balaban J connectivity index is 1.73. The smallest absolute Gasteiger partial charge is 0.206 e. The van der Waals surface area contributed by atoms with E-state index < -0.39 is 0 Å². The van der Waals surface area contributed by atoms with Crippen LogP contribution in [0, 0.1) is 10.5 Å². The number of aryl methyl sites for hydroxylation is 1. The van der Waals surface area contributed by atoms with Gasteiger partial charge in [-0.3, -0.25) is 9.69 Å². The zero-order valence-corrected chi connectivity index (χ0v) is 13.9. The monoisotopic (exact) mass is 397 g/mol. The standard InChI is InChI=1S/C16H16INO3/c1-9-2-10(5-18-6-12-4-11(18)7-20-12)3-13-15(19)14(17)8-21-16(9)13/h2-3,8,11-12H,4-7H2,1H3/t11-,12-/m1/s1. The number of hydrogen-bond acceptors (Lipinski definition) is 4. The van der Waals surface area contributed by atoms with E-state index in [4.69, 9.17) is 9.15 Å². The summed E-state index contributed by atoms with van der Waals surface area (Å²) >= 11 is 2.03. The molecule has 110 valence electrons. The maximum absolute atomic E-state index is 12.3. The highest BCUT2D eigenvalue weighted by Crippen LogP contribution is 2.30. The van der Waals surface area contributed by atoms with Gasteiger partial charge in [0.2, 0.25) is 5.43 Å². The zero-order valence-electron chi connectivity index (χ0n) is 11.8. The highest BCUT2D eigenvalue weighted by molar-refractivity contribution is 14.1. The second-order valence-electron chi connectivity index (χ2n) is 5.98. The molecule has 0 amide bonds. The molecule has 0 saturated carbocycles. The Kier molecular flexibility index (Phi) is 3.31. The molecule has 0 N–H and O–H groups in total. The minimum Gasteiger partial charge on any atom is -0.463 e. The van der Waals surface area contributed by atoms with Crippen LogP contribution in [-0.4, -0.2) is 30.2 Å². The minimum absolute atomic E-state index is 0.0630. The average molecular weight is 397 g/mol. The predicted molar refractivity (Wildman–Crippen MR) is 88.5 cm³/mol. The third-order valence-electron chi connectivity index (χ3n) is 4.48. The van der Waals surface area contributed by atoms with Gasteiger partial charge in [-0.1, -0.05) is 6.07 Å². The average Bonchev–Trinajstić information content (AvgIpc) is 3.06. The molecule has 0 radical (unpaired) electrons. The molecule has 5 heteroatoms. The summed E-state index contributed by atoms with van der Waals surface area (Å²) in [5.41, 5.74) is 2.97. The van der Waals surface area contributed by atoms with E-state index >= 15 is 0 Å². The summed E-state index contributed by atoms with van der Waals surface area (Å²) in [4.78, 5) is 14.8. The number of fused-ring (bicyclic) bond motifs is 3. The fourth-order valence-corrected chi connectivity index (χ4v) is 3.88. The van der Waals surface area contributed by atoms with Crippen LogP contribution in [0.4, 0.5) is 0 Å². The van der Waals surface area contributed by atoms with Crippen LogP contribution in [0.5, 0.6) is 0 Å². The molecular formula is C16H16INO3. The molecule has 2 aliphatic heterocycles. The van der Waals surface area contributed by atoms with Crippen molar-refractivity contribution in [2.75, 3.05) is 13.2 Å². The molecule has 4 rings (SSSR count). The molecule has 21 heavy (non-hydrogen) atoms. The van der Waals surface area contributed by atoms with Crippen LogP contribution < -0.4 is 5.43 Å². The highest BCUT2D eigenvalue weighted by Gasteiger charge is 2.38. The van der Waals surface area contributed by atoms with Crippen LogP contribution >= 0.6 is 22.6 Å². The third-order valence-corrected chi connectivity index (χ3v) is 5.22. The number of morpholine rings is 1. The lowest BCUT2D eigenvalue weighted by Gasteiger charge is -2.26. The molecule has 2 aliphatic rings. The van der Waals surface area contributed by atoms with Crippen LogP contribution in [0.2, 0.25) is 0 Å². The number of hydrogen-bond donors (Lipinski definition) is 0. The summed E-state index contributed by atoms with van der Waals surface area (Å²) in [5, 5.41) is 0.692. The summed E-state index contributed by atoms with van der Waals surface area (Å²) in [7, 11) is 0. The van der Waals surface area contributed by atoms with Crippen molar-refractivity contribution in [3.63, 3.8) is 0 Å². The van der Waals surface area contributed by atoms with Crippen LogP contribution in [0.15, 0.2) is 27.6 Å². The third kappa shape index (κ3) is 2.31. The summed E-state index contributed by atoms with van der Waals surface area (Å²) < 4.78 is 11.9. The second kappa shape index (κ2) is 5.07. The molecule has 1 aromatic heterocycles. The van der Waals surface area contributed by atoms with Gasteiger partial charge >= 0.3 is 0 Å². The Hall–Kier alpha value is -0.920. The van der Waals surface area contributed by atoms with E-state index in [1.807, 2.05) is 35.6 Å². The maximum Gasteiger partial charge on any atom is 0.206 e. The molecule has 2 bridgehead atoms. The Morgan fingerprint density at radius 2 is 2.29 bits per heavy atom. The molecule has 2 fully saturated rings. The molecule has 2 aromatic rings. The largest absolute Gasteiger partial charge is 0.463 e. The molecule has 1 aromatic carbocycles. The molecule has 3 heterocycles. The van der Waals surface area contributed by atoms with Gasteiger partial charge in [-0.2, -0.15) is 0 Å². The first kappa shape index (κ1) is 13.7. The van der Waals surface area contributed by atoms with E-state index in [9.17, 15) is 4.79 Å². The summed E-state index contributed by atoms with van der Waals surface area (Å²) in [6.07, 6.45) is 3.09. The first-order valence-corrected chi connectivity index (χ1v) is 8.26. The van der Waals surface area contributed by atoms with Crippen molar-refractivity contribution in [2.45, 2.75) is 32.0 Å². The fraction of sp³-hybridized carbons (Fsp3) is 0.438. The van der Waals surface area contributed by atoms with E-state index in [0.29, 0.717) is 26.7 Å². The number of halogens is 1. The van der Waals surface area contributed by atoms with Gasteiger partial charge in [-0.05, 0) is 53.1 Å². The fourth-order valence-electron chi connectivity index (χ4n) is 3.47. The maximum atomic E-state index is 12.3.